The lowest BCUT2D eigenvalue weighted by Gasteiger charge is -2.21. The second-order valence-corrected chi connectivity index (χ2v) is 7.47. The number of amides is 1. The summed E-state index contributed by atoms with van der Waals surface area (Å²) in [7, 11) is 0. The molecule has 0 aromatic rings. The van der Waals surface area contributed by atoms with Gasteiger partial charge in [0.05, 0.1) is 5.92 Å². The predicted octanol–water partition coefficient (Wildman–Crippen LogP) is 6.20. The molecule has 1 atom stereocenters. The zero-order valence-corrected chi connectivity index (χ0v) is 18.0. The summed E-state index contributed by atoms with van der Waals surface area (Å²) in [6, 6.07) is 0. The lowest BCUT2D eigenvalue weighted by atomic mass is 9.96. The SMILES string of the molecule is CCCC/C=C/CCCCCCCCCC(CC(=O)N(CC)CC)C(=O)O. The Labute approximate surface area is 167 Å². The van der Waals surface area contributed by atoms with Gasteiger partial charge in [0.1, 0.15) is 0 Å². The molecule has 0 spiro atoms. The van der Waals surface area contributed by atoms with Crippen molar-refractivity contribution in [3.05, 3.63) is 12.2 Å². The number of allylic oxidation sites excluding steroid dienone is 2. The van der Waals surface area contributed by atoms with Gasteiger partial charge in [0, 0.05) is 19.5 Å². The monoisotopic (exact) mass is 381 g/mol. The van der Waals surface area contributed by atoms with Gasteiger partial charge in [-0.3, -0.25) is 9.59 Å². The van der Waals surface area contributed by atoms with E-state index in [2.05, 4.69) is 19.1 Å². The molecule has 0 radical (unpaired) electrons. The topological polar surface area (TPSA) is 57.6 Å². The summed E-state index contributed by atoms with van der Waals surface area (Å²) in [5, 5.41) is 9.36. The molecule has 0 aliphatic heterocycles. The molecule has 0 aromatic carbocycles. The highest BCUT2D eigenvalue weighted by Crippen LogP contribution is 2.17. The summed E-state index contributed by atoms with van der Waals surface area (Å²) >= 11 is 0. The van der Waals surface area contributed by atoms with Crippen molar-refractivity contribution < 1.29 is 14.7 Å². The largest absolute Gasteiger partial charge is 0.481 e. The number of unbranched alkanes of at least 4 members (excludes halogenated alkanes) is 9. The van der Waals surface area contributed by atoms with Crippen LogP contribution in [0, 0.1) is 5.92 Å². The van der Waals surface area contributed by atoms with Gasteiger partial charge in [0.25, 0.3) is 0 Å². The van der Waals surface area contributed by atoms with E-state index in [0.29, 0.717) is 19.5 Å². The number of hydrogen-bond acceptors (Lipinski definition) is 2. The molecule has 0 aromatic heterocycles. The number of rotatable bonds is 18. The normalized spacial score (nSPS) is 12.4. The van der Waals surface area contributed by atoms with Crippen molar-refractivity contribution in [3.8, 4) is 0 Å². The fourth-order valence-electron chi connectivity index (χ4n) is 3.32. The van der Waals surface area contributed by atoms with Gasteiger partial charge >= 0.3 is 5.97 Å². The smallest absolute Gasteiger partial charge is 0.307 e. The molecule has 0 bridgehead atoms. The van der Waals surface area contributed by atoms with Crippen LogP contribution in [0.15, 0.2) is 12.2 Å². The van der Waals surface area contributed by atoms with Crippen LogP contribution in [0.2, 0.25) is 0 Å². The van der Waals surface area contributed by atoms with Crippen molar-refractivity contribution in [1.29, 1.82) is 0 Å². The highest BCUT2D eigenvalue weighted by Gasteiger charge is 2.22. The lowest BCUT2D eigenvalue weighted by molar-refractivity contribution is -0.146. The predicted molar refractivity (Wildman–Crippen MR) is 114 cm³/mol. The van der Waals surface area contributed by atoms with E-state index in [4.69, 9.17) is 0 Å². The minimum atomic E-state index is -0.831. The third kappa shape index (κ3) is 14.4. The van der Waals surface area contributed by atoms with Crippen LogP contribution < -0.4 is 0 Å². The third-order valence-corrected chi connectivity index (χ3v) is 5.20. The van der Waals surface area contributed by atoms with Crippen molar-refractivity contribution in [3.63, 3.8) is 0 Å². The lowest BCUT2D eigenvalue weighted by Crippen LogP contribution is -2.33. The van der Waals surface area contributed by atoms with E-state index in [1.54, 1.807) is 4.90 Å². The molecule has 1 unspecified atom stereocenters. The van der Waals surface area contributed by atoms with Gasteiger partial charge in [-0.1, -0.05) is 70.4 Å². The molecular formula is C23H43NO3. The molecule has 4 heteroatoms. The third-order valence-electron chi connectivity index (χ3n) is 5.20. The van der Waals surface area contributed by atoms with Crippen LogP contribution in [0.3, 0.4) is 0 Å². The Morgan fingerprint density at radius 3 is 1.85 bits per heavy atom. The van der Waals surface area contributed by atoms with Crippen molar-refractivity contribution >= 4 is 11.9 Å². The van der Waals surface area contributed by atoms with Crippen LogP contribution in [0.25, 0.3) is 0 Å². The average Bonchev–Trinajstić information content (AvgIpc) is 2.65. The molecule has 1 amide bonds. The van der Waals surface area contributed by atoms with Crippen LogP contribution in [0.4, 0.5) is 0 Å². The Kier molecular flexibility index (Phi) is 17.2. The van der Waals surface area contributed by atoms with Gasteiger partial charge < -0.3 is 10.0 Å². The Morgan fingerprint density at radius 1 is 0.815 bits per heavy atom. The zero-order chi connectivity index (χ0) is 20.3. The molecular weight excluding hydrogens is 338 g/mol. The quantitative estimate of drug-likeness (QED) is 0.227. The maximum atomic E-state index is 12.1. The molecule has 0 saturated heterocycles. The molecule has 0 aliphatic carbocycles. The highest BCUT2D eigenvalue weighted by atomic mass is 16.4. The van der Waals surface area contributed by atoms with Gasteiger partial charge in [-0.25, -0.2) is 0 Å². The van der Waals surface area contributed by atoms with E-state index in [1.807, 2.05) is 13.8 Å². The number of aliphatic carboxylic acids is 1. The summed E-state index contributed by atoms with van der Waals surface area (Å²) < 4.78 is 0. The summed E-state index contributed by atoms with van der Waals surface area (Å²) in [6.45, 7) is 7.38. The van der Waals surface area contributed by atoms with Crippen LogP contribution in [0.5, 0.6) is 0 Å². The van der Waals surface area contributed by atoms with Crippen LogP contribution >= 0.6 is 0 Å². The Bertz CT molecular complexity index is 402. The van der Waals surface area contributed by atoms with Crippen molar-refractivity contribution in [2.45, 2.75) is 104 Å². The van der Waals surface area contributed by atoms with Gasteiger partial charge in [0.15, 0.2) is 0 Å². The number of carbonyl (C=O) groups is 2. The van der Waals surface area contributed by atoms with Gasteiger partial charge in [-0.2, -0.15) is 0 Å². The van der Waals surface area contributed by atoms with Gasteiger partial charge in [0.2, 0.25) is 5.91 Å². The Hall–Kier alpha value is -1.32. The molecule has 4 nitrogen and oxygen atoms in total. The number of carbonyl (C=O) groups excluding carboxylic acids is 1. The fourth-order valence-corrected chi connectivity index (χ4v) is 3.32. The molecule has 1 N–H and O–H groups in total. The maximum Gasteiger partial charge on any atom is 0.307 e. The first-order valence-corrected chi connectivity index (χ1v) is 11.2. The van der Waals surface area contributed by atoms with E-state index < -0.39 is 11.9 Å². The first kappa shape index (κ1) is 25.7. The minimum absolute atomic E-state index is 0.0313. The van der Waals surface area contributed by atoms with Crippen molar-refractivity contribution in [1.82, 2.24) is 4.90 Å². The molecule has 158 valence electrons. The van der Waals surface area contributed by atoms with Crippen LogP contribution in [-0.4, -0.2) is 35.0 Å². The zero-order valence-electron chi connectivity index (χ0n) is 18.0. The molecule has 0 aliphatic rings. The summed E-state index contributed by atoms with van der Waals surface area (Å²) in [6.07, 6.45) is 18.6. The number of hydrogen-bond donors (Lipinski definition) is 1. The first-order valence-electron chi connectivity index (χ1n) is 11.2. The van der Waals surface area contributed by atoms with E-state index in [-0.39, 0.29) is 12.3 Å². The summed E-state index contributed by atoms with van der Waals surface area (Å²) in [4.78, 5) is 25.2. The molecule has 0 fully saturated rings. The fraction of sp³-hybridized carbons (Fsp3) is 0.826. The van der Waals surface area contributed by atoms with Crippen molar-refractivity contribution in [2.75, 3.05) is 13.1 Å². The van der Waals surface area contributed by atoms with E-state index in [9.17, 15) is 14.7 Å². The summed E-state index contributed by atoms with van der Waals surface area (Å²) in [5.74, 6) is -1.39. The van der Waals surface area contributed by atoms with E-state index in [0.717, 1.165) is 12.8 Å². The standard InChI is InChI=1S/C23H43NO3/c1-4-7-8-9-10-11-12-13-14-15-16-17-18-19-21(23(26)27)20-22(25)24(5-2)6-3/h9-10,21H,4-8,11-20H2,1-3H3,(H,26,27)/b10-9+. The Balaban J connectivity index is 3.71. The number of carboxylic acid groups (broad SMARTS) is 1. The average molecular weight is 382 g/mol. The van der Waals surface area contributed by atoms with Crippen LogP contribution in [-0.2, 0) is 9.59 Å². The molecule has 0 heterocycles. The summed E-state index contributed by atoms with van der Waals surface area (Å²) in [5.41, 5.74) is 0. The highest BCUT2D eigenvalue weighted by molar-refractivity contribution is 5.82. The second kappa shape index (κ2) is 18.1. The number of carboxylic acids is 1. The Morgan fingerprint density at radius 2 is 1.33 bits per heavy atom. The second-order valence-electron chi connectivity index (χ2n) is 7.47. The van der Waals surface area contributed by atoms with E-state index >= 15 is 0 Å². The van der Waals surface area contributed by atoms with E-state index in [1.165, 1.54) is 57.8 Å². The number of nitrogens with zero attached hydrogens (tertiary/aromatic N) is 1. The van der Waals surface area contributed by atoms with Crippen LogP contribution in [0.1, 0.15) is 104 Å². The maximum absolute atomic E-state index is 12.1. The molecule has 0 rings (SSSR count). The van der Waals surface area contributed by atoms with Crippen molar-refractivity contribution in [2.24, 2.45) is 5.92 Å². The van der Waals surface area contributed by atoms with Gasteiger partial charge in [-0.15, -0.1) is 0 Å². The first-order chi connectivity index (χ1) is 13.1. The molecule has 0 saturated carbocycles. The minimum Gasteiger partial charge on any atom is -0.481 e. The molecule has 27 heavy (non-hydrogen) atoms. The van der Waals surface area contributed by atoms with Gasteiger partial charge in [-0.05, 0) is 39.5 Å².